The number of benzene rings is 3. The van der Waals surface area contributed by atoms with E-state index in [1.54, 1.807) is 30.3 Å². The fourth-order valence-corrected chi connectivity index (χ4v) is 4.96. The van der Waals surface area contributed by atoms with Crippen LogP contribution in [0.1, 0.15) is 47.2 Å². The fourth-order valence-electron chi connectivity index (χ4n) is 4.96. The fraction of sp³-hybridized carbons (Fsp3) is 0.259. The van der Waals surface area contributed by atoms with Crippen LogP contribution in [0.25, 0.3) is 11.0 Å². The van der Waals surface area contributed by atoms with Gasteiger partial charge in [0, 0.05) is 34.1 Å². The van der Waals surface area contributed by atoms with Crippen molar-refractivity contribution in [1.29, 1.82) is 0 Å². The Kier molecular flexibility index (Phi) is 5.09. The van der Waals surface area contributed by atoms with Crippen molar-refractivity contribution in [3.63, 3.8) is 0 Å². The van der Waals surface area contributed by atoms with Crippen molar-refractivity contribution in [3.05, 3.63) is 76.7 Å². The van der Waals surface area contributed by atoms with E-state index in [9.17, 15) is 9.18 Å². The van der Waals surface area contributed by atoms with Crippen LogP contribution < -0.4 is 14.2 Å². The number of aryl methyl sites for hydroxylation is 1. The van der Waals surface area contributed by atoms with Crippen LogP contribution in [0.15, 0.2) is 53.1 Å². The number of rotatable bonds is 6. The molecule has 0 spiro atoms. The Labute approximate surface area is 200 Å². The topological polar surface area (TPSA) is 91.0 Å². The largest absolute Gasteiger partial charge is 0.492 e. The lowest BCUT2D eigenvalue weighted by atomic mass is 9.98. The minimum absolute atomic E-state index is 0.0147. The molecule has 35 heavy (non-hydrogen) atoms. The van der Waals surface area contributed by atoms with E-state index in [1.807, 2.05) is 19.1 Å². The molecular weight excluding hydrogens is 453 g/mol. The summed E-state index contributed by atoms with van der Waals surface area (Å²) in [6.45, 7) is 2.19. The third-order valence-electron chi connectivity index (χ3n) is 6.65. The molecule has 0 radical (unpaired) electrons. The lowest BCUT2D eigenvalue weighted by Crippen LogP contribution is -2.07. The van der Waals surface area contributed by atoms with Crippen LogP contribution in [-0.2, 0) is 11.2 Å². The highest BCUT2D eigenvalue weighted by Crippen LogP contribution is 2.44. The number of carboxylic acid groups (broad SMARTS) is 1. The molecule has 7 nitrogen and oxygen atoms in total. The van der Waals surface area contributed by atoms with Crippen molar-refractivity contribution < 1.29 is 33.0 Å². The average molecular weight is 475 g/mol. The van der Waals surface area contributed by atoms with Crippen LogP contribution in [-0.4, -0.2) is 22.8 Å². The van der Waals surface area contributed by atoms with E-state index in [1.165, 1.54) is 6.07 Å². The van der Waals surface area contributed by atoms with Gasteiger partial charge >= 0.3 is 5.97 Å². The Balaban J connectivity index is 1.25. The standard InChI is InChI=1S/C27H22FNO6/c1-14-20-11-16(3-7-23(20)35-29-14)33-22-9-6-21(28)27-19(22)5-8-24(27)34-17-2-4-18-15(10-26(30)31)13-32-25(18)12-17/h2-4,6-7,9,11-12,15,24H,5,8,10,13H2,1H3,(H,30,31). The summed E-state index contributed by atoms with van der Waals surface area (Å²) < 4.78 is 38.2. The molecule has 0 saturated carbocycles. The van der Waals surface area contributed by atoms with Gasteiger partial charge < -0.3 is 23.8 Å². The third-order valence-corrected chi connectivity index (χ3v) is 6.65. The second-order valence-corrected chi connectivity index (χ2v) is 8.92. The number of aliphatic carboxylic acids is 1. The minimum Gasteiger partial charge on any atom is -0.492 e. The average Bonchev–Trinajstić information content (AvgIpc) is 3.54. The summed E-state index contributed by atoms with van der Waals surface area (Å²) in [4.78, 5) is 11.1. The van der Waals surface area contributed by atoms with Crippen LogP contribution in [0, 0.1) is 12.7 Å². The lowest BCUT2D eigenvalue weighted by molar-refractivity contribution is -0.137. The van der Waals surface area contributed by atoms with E-state index >= 15 is 0 Å². The van der Waals surface area contributed by atoms with E-state index < -0.39 is 12.1 Å². The summed E-state index contributed by atoms with van der Waals surface area (Å²) in [5.74, 6) is 1.00. The summed E-state index contributed by atoms with van der Waals surface area (Å²) in [6.07, 6.45) is 0.770. The molecule has 3 aromatic carbocycles. The number of hydrogen-bond donors (Lipinski definition) is 1. The predicted molar refractivity (Wildman–Crippen MR) is 124 cm³/mol. The summed E-state index contributed by atoms with van der Waals surface area (Å²) in [5.41, 5.74) is 3.59. The summed E-state index contributed by atoms with van der Waals surface area (Å²) in [5, 5.41) is 13.9. The molecule has 1 aliphatic heterocycles. The molecule has 2 aliphatic rings. The molecular formula is C27H22FNO6. The van der Waals surface area contributed by atoms with Crippen molar-refractivity contribution >= 4 is 16.9 Å². The second-order valence-electron chi connectivity index (χ2n) is 8.92. The van der Waals surface area contributed by atoms with Gasteiger partial charge in [-0.05, 0) is 56.2 Å². The maximum atomic E-state index is 14.9. The number of ether oxygens (including phenoxy) is 3. The van der Waals surface area contributed by atoms with Crippen molar-refractivity contribution in [2.75, 3.05) is 6.61 Å². The first kappa shape index (κ1) is 21.5. The highest BCUT2D eigenvalue weighted by Gasteiger charge is 2.32. The number of nitrogens with zero attached hydrogens (tertiary/aromatic N) is 1. The van der Waals surface area contributed by atoms with Crippen molar-refractivity contribution in [2.45, 2.75) is 38.2 Å². The van der Waals surface area contributed by atoms with Crippen molar-refractivity contribution in [1.82, 2.24) is 5.16 Å². The van der Waals surface area contributed by atoms with Gasteiger partial charge in [0.2, 0.25) is 0 Å². The highest BCUT2D eigenvalue weighted by molar-refractivity contribution is 5.80. The highest BCUT2D eigenvalue weighted by atomic mass is 19.1. The normalized spacial score (nSPS) is 18.2. The zero-order chi connectivity index (χ0) is 24.1. The number of fused-ring (bicyclic) bond motifs is 3. The van der Waals surface area contributed by atoms with Gasteiger partial charge in [0.15, 0.2) is 5.58 Å². The minimum atomic E-state index is -0.862. The van der Waals surface area contributed by atoms with Gasteiger partial charge in [-0.25, -0.2) is 4.39 Å². The Morgan fingerprint density at radius 2 is 2.03 bits per heavy atom. The van der Waals surface area contributed by atoms with E-state index in [0.29, 0.717) is 53.6 Å². The van der Waals surface area contributed by atoms with Crippen LogP contribution in [0.4, 0.5) is 4.39 Å². The van der Waals surface area contributed by atoms with Crippen molar-refractivity contribution in [2.24, 2.45) is 0 Å². The van der Waals surface area contributed by atoms with Gasteiger partial charge in [-0.15, -0.1) is 0 Å². The molecule has 2 unspecified atom stereocenters. The maximum Gasteiger partial charge on any atom is 0.304 e. The molecule has 0 amide bonds. The molecule has 0 fully saturated rings. The number of hydrogen-bond acceptors (Lipinski definition) is 6. The zero-order valence-corrected chi connectivity index (χ0v) is 18.9. The maximum absolute atomic E-state index is 14.9. The van der Waals surface area contributed by atoms with Crippen LogP contribution >= 0.6 is 0 Å². The Bertz CT molecular complexity index is 1460. The second kappa shape index (κ2) is 8.30. The Morgan fingerprint density at radius 1 is 1.17 bits per heavy atom. The van der Waals surface area contributed by atoms with Gasteiger partial charge in [0.1, 0.15) is 34.9 Å². The third kappa shape index (κ3) is 3.84. The quantitative estimate of drug-likeness (QED) is 0.361. The van der Waals surface area contributed by atoms with Crippen molar-refractivity contribution in [3.8, 4) is 23.0 Å². The summed E-state index contributed by atoms with van der Waals surface area (Å²) in [6, 6.07) is 13.9. The first-order chi connectivity index (χ1) is 17.0. The van der Waals surface area contributed by atoms with E-state index in [0.717, 1.165) is 22.2 Å². The van der Waals surface area contributed by atoms with Crippen LogP contribution in [0.3, 0.4) is 0 Å². The zero-order valence-electron chi connectivity index (χ0n) is 18.9. The number of carboxylic acids is 1. The predicted octanol–water partition coefficient (Wildman–Crippen LogP) is 6.08. The molecule has 6 rings (SSSR count). The molecule has 0 saturated heterocycles. The molecule has 2 atom stereocenters. The summed E-state index contributed by atoms with van der Waals surface area (Å²) >= 11 is 0. The molecule has 2 heterocycles. The molecule has 1 aliphatic carbocycles. The summed E-state index contributed by atoms with van der Waals surface area (Å²) in [7, 11) is 0. The molecule has 8 heteroatoms. The number of carbonyl (C=O) groups is 1. The number of aromatic nitrogens is 1. The molecule has 178 valence electrons. The van der Waals surface area contributed by atoms with Crippen LogP contribution in [0.5, 0.6) is 23.0 Å². The Morgan fingerprint density at radius 3 is 2.89 bits per heavy atom. The SMILES string of the molecule is Cc1noc2ccc(Oc3ccc(F)c4c3CCC4Oc3ccc4c(c3)OCC4CC(=O)O)cc12. The van der Waals surface area contributed by atoms with Crippen LogP contribution in [0.2, 0.25) is 0 Å². The smallest absolute Gasteiger partial charge is 0.304 e. The molecule has 1 N–H and O–H groups in total. The first-order valence-corrected chi connectivity index (χ1v) is 11.5. The first-order valence-electron chi connectivity index (χ1n) is 11.5. The lowest BCUT2D eigenvalue weighted by Gasteiger charge is -2.17. The van der Waals surface area contributed by atoms with Gasteiger partial charge in [0.05, 0.1) is 18.7 Å². The van der Waals surface area contributed by atoms with Gasteiger partial charge in [-0.2, -0.15) is 0 Å². The van der Waals surface area contributed by atoms with E-state index in [2.05, 4.69) is 5.16 Å². The van der Waals surface area contributed by atoms with Gasteiger partial charge in [-0.1, -0.05) is 11.2 Å². The Hall–Kier alpha value is -4.07. The van der Waals surface area contributed by atoms with E-state index in [4.69, 9.17) is 23.8 Å². The van der Waals surface area contributed by atoms with Gasteiger partial charge in [-0.3, -0.25) is 4.79 Å². The molecule has 4 aromatic rings. The van der Waals surface area contributed by atoms with Gasteiger partial charge in [0.25, 0.3) is 0 Å². The molecule has 0 bridgehead atoms. The van der Waals surface area contributed by atoms with E-state index in [-0.39, 0.29) is 18.2 Å². The molecule has 1 aromatic heterocycles. The number of halogens is 1. The monoisotopic (exact) mass is 475 g/mol.